The number of aromatic nitrogens is 1. The maximum atomic E-state index is 11.9. The van der Waals surface area contributed by atoms with Gasteiger partial charge in [-0.05, 0) is 39.7 Å². The molecule has 0 aliphatic heterocycles. The van der Waals surface area contributed by atoms with Crippen LogP contribution in [0, 0.1) is 0 Å². The van der Waals surface area contributed by atoms with Crippen LogP contribution >= 0.6 is 39.1 Å². The van der Waals surface area contributed by atoms with Crippen molar-refractivity contribution in [1.29, 1.82) is 0 Å². The average molecular weight is 360 g/mol. The molecule has 0 saturated carbocycles. The van der Waals surface area contributed by atoms with Crippen LogP contribution in [0.1, 0.15) is 5.56 Å². The molecule has 2 aromatic rings. The first-order valence-corrected chi connectivity index (χ1v) is 6.95. The lowest BCUT2D eigenvalue weighted by Gasteiger charge is -2.07. The van der Waals surface area contributed by atoms with Crippen LogP contribution in [0.3, 0.4) is 0 Å². The number of anilines is 1. The topological polar surface area (TPSA) is 42.0 Å². The van der Waals surface area contributed by atoms with Gasteiger partial charge in [-0.2, -0.15) is 0 Å². The number of amides is 1. The van der Waals surface area contributed by atoms with Crippen molar-refractivity contribution in [2.45, 2.75) is 6.42 Å². The van der Waals surface area contributed by atoms with E-state index < -0.39 is 0 Å². The number of rotatable bonds is 3. The van der Waals surface area contributed by atoms with Crippen molar-refractivity contribution in [2.24, 2.45) is 0 Å². The van der Waals surface area contributed by atoms with E-state index in [1.165, 1.54) is 0 Å². The molecule has 0 bridgehead atoms. The quantitative estimate of drug-likeness (QED) is 0.828. The summed E-state index contributed by atoms with van der Waals surface area (Å²) >= 11 is 15.0. The van der Waals surface area contributed by atoms with E-state index in [-0.39, 0.29) is 17.5 Å². The molecule has 98 valence electrons. The van der Waals surface area contributed by atoms with Crippen LogP contribution in [0.2, 0.25) is 10.2 Å². The Bertz CT molecular complexity index is 619. The molecule has 3 nitrogen and oxygen atoms in total. The molecule has 0 spiro atoms. The van der Waals surface area contributed by atoms with Gasteiger partial charge >= 0.3 is 0 Å². The van der Waals surface area contributed by atoms with Crippen LogP contribution in [0.5, 0.6) is 0 Å². The summed E-state index contributed by atoms with van der Waals surface area (Å²) < 4.78 is 0.745. The summed E-state index contributed by atoms with van der Waals surface area (Å²) in [5.41, 5.74) is 1.31. The van der Waals surface area contributed by atoms with Gasteiger partial charge in [-0.1, -0.05) is 35.3 Å². The number of nitrogens with one attached hydrogen (secondary N) is 1. The Morgan fingerprint density at radius 3 is 2.84 bits per heavy atom. The van der Waals surface area contributed by atoms with Gasteiger partial charge in [-0.3, -0.25) is 4.79 Å². The monoisotopic (exact) mass is 358 g/mol. The average Bonchev–Trinajstić information content (AvgIpc) is 2.34. The number of hydrogen-bond acceptors (Lipinski definition) is 2. The fourth-order valence-electron chi connectivity index (χ4n) is 1.54. The summed E-state index contributed by atoms with van der Waals surface area (Å²) in [5.74, 6) is -0.177. The van der Waals surface area contributed by atoms with Crippen LogP contribution in [0.15, 0.2) is 41.0 Å². The van der Waals surface area contributed by atoms with Crippen molar-refractivity contribution in [3.8, 4) is 0 Å². The first-order valence-electron chi connectivity index (χ1n) is 5.40. The molecule has 0 saturated heterocycles. The van der Waals surface area contributed by atoms with Crippen molar-refractivity contribution in [2.75, 3.05) is 5.32 Å². The molecular weight excluding hydrogens is 351 g/mol. The van der Waals surface area contributed by atoms with E-state index >= 15 is 0 Å². The number of carbonyl (C=O) groups is 1. The summed E-state index contributed by atoms with van der Waals surface area (Å²) in [7, 11) is 0. The van der Waals surface area contributed by atoms with E-state index in [1.807, 2.05) is 6.07 Å². The Morgan fingerprint density at radius 1 is 1.32 bits per heavy atom. The summed E-state index contributed by atoms with van der Waals surface area (Å²) in [6, 6.07) is 8.86. The SMILES string of the molecule is O=C(Cc1cccc(Cl)c1)Nc1cc(Br)cnc1Cl. The zero-order valence-corrected chi connectivity index (χ0v) is 12.8. The molecule has 1 aromatic carbocycles. The molecule has 6 heteroatoms. The minimum Gasteiger partial charge on any atom is -0.323 e. The molecule has 0 aliphatic carbocycles. The number of benzene rings is 1. The lowest BCUT2D eigenvalue weighted by molar-refractivity contribution is -0.115. The van der Waals surface area contributed by atoms with Gasteiger partial charge in [0.15, 0.2) is 5.15 Å². The minimum absolute atomic E-state index is 0.177. The maximum absolute atomic E-state index is 11.9. The smallest absolute Gasteiger partial charge is 0.228 e. The second kappa shape index (κ2) is 6.37. The zero-order chi connectivity index (χ0) is 13.8. The van der Waals surface area contributed by atoms with Crippen molar-refractivity contribution < 1.29 is 4.79 Å². The lowest BCUT2D eigenvalue weighted by Crippen LogP contribution is -2.15. The van der Waals surface area contributed by atoms with Crippen molar-refractivity contribution in [3.63, 3.8) is 0 Å². The standard InChI is InChI=1S/C13H9BrCl2N2O/c14-9-6-11(13(16)17-7-9)18-12(19)5-8-2-1-3-10(15)4-8/h1-4,6-7H,5H2,(H,18,19). The highest BCUT2D eigenvalue weighted by molar-refractivity contribution is 9.10. The second-order valence-electron chi connectivity index (χ2n) is 3.85. The van der Waals surface area contributed by atoms with E-state index in [9.17, 15) is 4.79 Å². The Balaban J connectivity index is 2.07. The molecule has 0 radical (unpaired) electrons. The van der Waals surface area contributed by atoms with Crippen molar-refractivity contribution in [1.82, 2.24) is 4.98 Å². The number of hydrogen-bond donors (Lipinski definition) is 1. The van der Waals surface area contributed by atoms with Gasteiger partial charge in [0.2, 0.25) is 5.91 Å². The number of nitrogens with zero attached hydrogens (tertiary/aromatic N) is 1. The predicted molar refractivity (Wildman–Crippen MR) is 80.7 cm³/mol. The first-order chi connectivity index (χ1) is 9.04. The molecule has 0 unspecified atom stereocenters. The first kappa shape index (κ1) is 14.3. The van der Waals surface area contributed by atoms with Gasteiger partial charge in [0.1, 0.15) is 0 Å². The second-order valence-corrected chi connectivity index (χ2v) is 5.56. The molecule has 1 heterocycles. The summed E-state index contributed by atoms with van der Waals surface area (Å²) in [6.45, 7) is 0. The maximum Gasteiger partial charge on any atom is 0.228 e. The Morgan fingerprint density at radius 2 is 2.11 bits per heavy atom. The van der Waals surface area contributed by atoms with Gasteiger partial charge in [0.05, 0.1) is 12.1 Å². The molecule has 1 aromatic heterocycles. The Kier molecular flexibility index (Phi) is 4.80. The van der Waals surface area contributed by atoms with E-state index in [1.54, 1.807) is 30.5 Å². The summed E-state index contributed by atoms with van der Waals surface area (Å²) in [4.78, 5) is 15.8. The summed E-state index contributed by atoms with van der Waals surface area (Å²) in [5, 5.41) is 3.57. The van der Waals surface area contributed by atoms with Gasteiger partial charge in [0, 0.05) is 15.7 Å². The lowest BCUT2D eigenvalue weighted by atomic mass is 10.1. The Labute approximate surface area is 129 Å². The van der Waals surface area contributed by atoms with Crippen LogP contribution in [-0.2, 0) is 11.2 Å². The van der Waals surface area contributed by atoms with E-state index in [2.05, 4.69) is 26.2 Å². The highest BCUT2D eigenvalue weighted by Gasteiger charge is 2.08. The van der Waals surface area contributed by atoms with Crippen LogP contribution in [0.25, 0.3) is 0 Å². The minimum atomic E-state index is -0.177. The highest BCUT2D eigenvalue weighted by atomic mass is 79.9. The molecule has 19 heavy (non-hydrogen) atoms. The molecule has 0 fully saturated rings. The number of carbonyl (C=O) groups excluding carboxylic acids is 1. The van der Waals surface area contributed by atoms with Crippen molar-refractivity contribution in [3.05, 3.63) is 56.7 Å². The fourth-order valence-corrected chi connectivity index (χ4v) is 2.23. The van der Waals surface area contributed by atoms with Crippen LogP contribution in [-0.4, -0.2) is 10.9 Å². The van der Waals surface area contributed by atoms with E-state index in [0.29, 0.717) is 10.7 Å². The summed E-state index contributed by atoms with van der Waals surface area (Å²) in [6.07, 6.45) is 1.79. The molecule has 2 rings (SSSR count). The van der Waals surface area contributed by atoms with Gasteiger partial charge < -0.3 is 5.32 Å². The molecular formula is C13H9BrCl2N2O. The van der Waals surface area contributed by atoms with Gasteiger partial charge in [-0.25, -0.2) is 4.98 Å². The van der Waals surface area contributed by atoms with E-state index in [4.69, 9.17) is 23.2 Å². The van der Waals surface area contributed by atoms with Crippen LogP contribution in [0.4, 0.5) is 5.69 Å². The third kappa shape index (κ3) is 4.20. The number of pyridine rings is 1. The largest absolute Gasteiger partial charge is 0.323 e. The molecule has 0 aliphatic rings. The van der Waals surface area contributed by atoms with Crippen molar-refractivity contribution >= 4 is 50.7 Å². The van der Waals surface area contributed by atoms with Gasteiger partial charge in [-0.15, -0.1) is 0 Å². The normalized spacial score (nSPS) is 10.3. The third-order valence-electron chi connectivity index (χ3n) is 2.33. The number of halogens is 3. The zero-order valence-electron chi connectivity index (χ0n) is 9.66. The molecule has 1 N–H and O–H groups in total. The third-order valence-corrected chi connectivity index (χ3v) is 3.30. The fraction of sp³-hybridized carbons (Fsp3) is 0.0769. The predicted octanol–water partition coefficient (Wildman–Crippen LogP) is 4.33. The van der Waals surface area contributed by atoms with Gasteiger partial charge in [0.25, 0.3) is 0 Å². The molecule has 1 amide bonds. The van der Waals surface area contributed by atoms with E-state index in [0.717, 1.165) is 10.0 Å². The van der Waals surface area contributed by atoms with Crippen LogP contribution < -0.4 is 5.32 Å². The Hall–Kier alpha value is -1.10. The molecule has 0 atom stereocenters. The highest BCUT2D eigenvalue weighted by Crippen LogP contribution is 2.23.